The van der Waals surface area contributed by atoms with Crippen LogP contribution in [0.25, 0.3) is 0 Å². The summed E-state index contributed by atoms with van der Waals surface area (Å²) in [6.45, 7) is 2.99. The molecule has 7 heteroatoms. The molecule has 2 saturated heterocycles. The van der Waals surface area contributed by atoms with Crippen LogP contribution in [-0.4, -0.2) is 53.1 Å². The van der Waals surface area contributed by atoms with Gasteiger partial charge in [0.15, 0.2) is 5.82 Å². The SMILES string of the molecule is O=C(Nc1ccc(C2CCN(C(=O)c3ccccc3)CC2)cc1)C1CCN(c2cccnn2)C1. The molecule has 174 valence electrons. The molecular weight excluding hydrogens is 426 g/mol. The number of carbonyl (C=O) groups excluding carboxylic acids is 2. The van der Waals surface area contributed by atoms with Gasteiger partial charge in [-0.15, -0.1) is 5.10 Å². The molecular formula is C27H29N5O2. The van der Waals surface area contributed by atoms with Crippen LogP contribution in [0.5, 0.6) is 0 Å². The van der Waals surface area contributed by atoms with Gasteiger partial charge in [0.1, 0.15) is 0 Å². The molecule has 3 aromatic rings. The number of rotatable bonds is 5. The van der Waals surface area contributed by atoms with E-state index in [2.05, 4.69) is 32.5 Å². The molecule has 1 aromatic heterocycles. The number of likely N-dealkylation sites (tertiary alicyclic amines) is 1. The summed E-state index contributed by atoms with van der Waals surface area (Å²) in [5, 5.41) is 11.1. The van der Waals surface area contributed by atoms with Gasteiger partial charge in [-0.2, -0.15) is 5.10 Å². The number of hydrogen-bond donors (Lipinski definition) is 1. The summed E-state index contributed by atoms with van der Waals surface area (Å²) < 4.78 is 0. The first-order valence-corrected chi connectivity index (χ1v) is 11.9. The molecule has 1 unspecified atom stereocenters. The van der Waals surface area contributed by atoms with Crippen molar-refractivity contribution < 1.29 is 9.59 Å². The summed E-state index contributed by atoms with van der Waals surface area (Å²) in [5.74, 6) is 1.35. The number of amides is 2. The smallest absolute Gasteiger partial charge is 0.253 e. The Morgan fingerprint density at radius 2 is 1.62 bits per heavy atom. The average Bonchev–Trinajstić information content (AvgIpc) is 3.41. The quantitative estimate of drug-likeness (QED) is 0.630. The van der Waals surface area contributed by atoms with Crippen molar-refractivity contribution in [1.82, 2.24) is 15.1 Å². The monoisotopic (exact) mass is 455 g/mol. The van der Waals surface area contributed by atoms with Crippen molar-refractivity contribution in [3.63, 3.8) is 0 Å². The van der Waals surface area contributed by atoms with Gasteiger partial charge in [0.2, 0.25) is 5.91 Å². The Balaban J connectivity index is 1.12. The Morgan fingerprint density at radius 3 is 2.32 bits per heavy atom. The fourth-order valence-corrected chi connectivity index (χ4v) is 4.91. The number of benzene rings is 2. The van der Waals surface area contributed by atoms with E-state index >= 15 is 0 Å². The highest BCUT2D eigenvalue weighted by Crippen LogP contribution is 2.30. The molecule has 3 heterocycles. The highest BCUT2D eigenvalue weighted by atomic mass is 16.2. The van der Waals surface area contributed by atoms with E-state index < -0.39 is 0 Å². The van der Waals surface area contributed by atoms with Crippen LogP contribution in [0.15, 0.2) is 72.9 Å². The highest BCUT2D eigenvalue weighted by Gasteiger charge is 2.29. The lowest BCUT2D eigenvalue weighted by molar-refractivity contribution is -0.119. The molecule has 2 fully saturated rings. The normalized spacial score (nSPS) is 18.6. The van der Waals surface area contributed by atoms with E-state index in [1.807, 2.05) is 59.5 Å². The Labute approximate surface area is 199 Å². The molecule has 1 atom stereocenters. The van der Waals surface area contributed by atoms with E-state index in [-0.39, 0.29) is 17.7 Å². The second-order valence-electron chi connectivity index (χ2n) is 9.06. The molecule has 1 N–H and O–H groups in total. The Hall–Kier alpha value is -3.74. The van der Waals surface area contributed by atoms with Gasteiger partial charge in [-0.3, -0.25) is 9.59 Å². The van der Waals surface area contributed by atoms with Crippen LogP contribution in [0, 0.1) is 5.92 Å². The third-order valence-corrected chi connectivity index (χ3v) is 6.89. The Morgan fingerprint density at radius 1 is 0.853 bits per heavy atom. The summed E-state index contributed by atoms with van der Waals surface area (Å²) in [7, 11) is 0. The maximum absolute atomic E-state index is 12.8. The van der Waals surface area contributed by atoms with Crippen LogP contribution < -0.4 is 10.2 Å². The molecule has 0 bridgehead atoms. The molecule has 0 radical (unpaired) electrons. The van der Waals surface area contributed by atoms with Gasteiger partial charge in [-0.25, -0.2) is 0 Å². The zero-order chi connectivity index (χ0) is 23.3. The minimum absolute atomic E-state index is 0.0480. The van der Waals surface area contributed by atoms with Gasteiger partial charge < -0.3 is 15.1 Å². The van der Waals surface area contributed by atoms with Crippen molar-refractivity contribution in [2.24, 2.45) is 5.92 Å². The first kappa shape index (κ1) is 22.1. The molecule has 2 aliphatic heterocycles. The molecule has 0 saturated carbocycles. The summed E-state index contributed by atoms with van der Waals surface area (Å²) in [6, 6.07) is 21.5. The number of aromatic nitrogens is 2. The average molecular weight is 456 g/mol. The maximum atomic E-state index is 12.8. The van der Waals surface area contributed by atoms with Crippen LogP contribution in [0.1, 0.15) is 41.1 Å². The predicted molar refractivity (Wildman–Crippen MR) is 132 cm³/mol. The van der Waals surface area contributed by atoms with Crippen molar-refractivity contribution >= 4 is 23.3 Å². The lowest BCUT2D eigenvalue weighted by Gasteiger charge is -2.32. The van der Waals surface area contributed by atoms with Gasteiger partial charge in [-0.1, -0.05) is 30.3 Å². The van der Waals surface area contributed by atoms with Gasteiger partial charge in [-0.05, 0) is 67.1 Å². The van der Waals surface area contributed by atoms with E-state index in [0.29, 0.717) is 12.5 Å². The zero-order valence-corrected chi connectivity index (χ0v) is 19.1. The largest absolute Gasteiger partial charge is 0.354 e. The summed E-state index contributed by atoms with van der Waals surface area (Å²) in [5.41, 5.74) is 2.84. The minimum atomic E-state index is -0.0619. The van der Waals surface area contributed by atoms with Crippen LogP contribution >= 0.6 is 0 Å². The fourth-order valence-electron chi connectivity index (χ4n) is 4.91. The highest BCUT2D eigenvalue weighted by molar-refractivity contribution is 5.94. The van der Waals surface area contributed by atoms with Crippen LogP contribution in [-0.2, 0) is 4.79 Å². The molecule has 7 nitrogen and oxygen atoms in total. The van der Waals surface area contributed by atoms with E-state index in [9.17, 15) is 9.59 Å². The van der Waals surface area contributed by atoms with E-state index in [4.69, 9.17) is 0 Å². The molecule has 5 rings (SSSR count). The van der Waals surface area contributed by atoms with Gasteiger partial charge in [0, 0.05) is 43.6 Å². The topological polar surface area (TPSA) is 78.4 Å². The molecule has 2 aliphatic rings. The lowest BCUT2D eigenvalue weighted by atomic mass is 9.89. The predicted octanol–water partition coefficient (Wildman–Crippen LogP) is 3.96. The van der Waals surface area contributed by atoms with E-state index in [0.717, 1.165) is 56.0 Å². The molecule has 2 aromatic carbocycles. The van der Waals surface area contributed by atoms with Gasteiger partial charge in [0.05, 0.1) is 5.92 Å². The van der Waals surface area contributed by atoms with Crippen LogP contribution in [0.3, 0.4) is 0 Å². The first-order chi connectivity index (χ1) is 16.7. The van der Waals surface area contributed by atoms with Gasteiger partial charge >= 0.3 is 0 Å². The molecule has 34 heavy (non-hydrogen) atoms. The Bertz CT molecular complexity index is 1110. The van der Waals surface area contributed by atoms with Crippen molar-refractivity contribution in [1.29, 1.82) is 0 Å². The number of piperidine rings is 1. The van der Waals surface area contributed by atoms with Crippen molar-refractivity contribution in [2.45, 2.75) is 25.2 Å². The number of hydrogen-bond acceptors (Lipinski definition) is 5. The number of anilines is 2. The van der Waals surface area contributed by atoms with Crippen molar-refractivity contribution in [3.05, 3.63) is 84.1 Å². The molecule has 0 aliphatic carbocycles. The number of nitrogens with zero attached hydrogens (tertiary/aromatic N) is 4. The number of nitrogens with one attached hydrogen (secondary N) is 1. The Kier molecular flexibility index (Phi) is 6.51. The summed E-state index contributed by atoms with van der Waals surface area (Å²) in [4.78, 5) is 29.5. The van der Waals surface area contributed by atoms with E-state index in [1.54, 1.807) is 6.20 Å². The van der Waals surface area contributed by atoms with E-state index in [1.165, 1.54) is 5.56 Å². The second-order valence-corrected chi connectivity index (χ2v) is 9.06. The van der Waals surface area contributed by atoms with Crippen molar-refractivity contribution in [2.75, 3.05) is 36.4 Å². The minimum Gasteiger partial charge on any atom is -0.354 e. The standard InChI is InChI=1S/C27H29N5O2/c33-26(23-14-18-32(19-23)25-7-4-15-28-30-25)29-24-10-8-20(9-11-24)21-12-16-31(17-13-21)27(34)22-5-2-1-3-6-22/h1-11,15,21,23H,12-14,16-19H2,(H,29,33). The van der Waals surface area contributed by atoms with Crippen LogP contribution in [0.2, 0.25) is 0 Å². The zero-order valence-electron chi connectivity index (χ0n) is 19.1. The third-order valence-electron chi connectivity index (χ3n) is 6.89. The first-order valence-electron chi connectivity index (χ1n) is 11.9. The summed E-state index contributed by atoms with van der Waals surface area (Å²) in [6.07, 6.45) is 4.36. The lowest BCUT2D eigenvalue weighted by Crippen LogP contribution is -2.37. The summed E-state index contributed by atoms with van der Waals surface area (Å²) >= 11 is 0. The number of carbonyl (C=O) groups is 2. The van der Waals surface area contributed by atoms with Gasteiger partial charge in [0.25, 0.3) is 5.91 Å². The third kappa shape index (κ3) is 4.93. The second kappa shape index (κ2) is 10.0. The fraction of sp³-hybridized carbons (Fsp3) is 0.333. The molecule has 0 spiro atoms. The van der Waals surface area contributed by atoms with Crippen molar-refractivity contribution in [3.8, 4) is 0 Å². The maximum Gasteiger partial charge on any atom is 0.253 e. The molecule has 2 amide bonds. The van der Waals surface area contributed by atoms with Crippen LogP contribution in [0.4, 0.5) is 11.5 Å².